The summed E-state index contributed by atoms with van der Waals surface area (Å²) in [6.45, 7) is 10.7. The molecule has 3 rings (SSSR count). The minimum atomic E-state index is -3.70. The Kier molecular flexibility index (Phi) is 9.21. The number of amides is 1. The van der Waals surface area contributed by atoms with Crippen LogP contribution < -0.4 is 4.80 Å². The number of benzene rings is 2. The van der Waals surface area contributed by atoms with Crippen molar-refractivity contribution < 1.29 is 22.7 Å². The fraction of sp³-hybridized carbons (Fsp3) is 0.423. The lowest BCUT2D eigenvalue weighted by Gasteiger charge is -2.25. The number of nitrogens with zero attached hydrogens (tertiary/aromatic N) is 3. The molecule has 36 heavy (non-hydrogen) atoms. The summed E-state index contributed by atoms with van der Waals surface area (Å²) in [6, 6.07) is 13.3. The molecular weight excluding hydrogens is 498 g/mol. The molecule has 0 aliphatic carbocycles. The van der Waals surface area contributed by atoms with Crippen molar-refractivity contribution in [1.29, 1.82) is 0 Å². The first kappa shape index (κ1) is 27.8. The second-order valence-corrected chi connectivity index (χ2v) is 12.2. The average Bonchev–Trinajstić information content (AvgIpc) is 3.15. The predicted molar refractivity (Wildman–Crippen MR) is 141 cm³/mol. The van der Waals surface area contributed by atoms with Gasteiger partial charge < -0.3 is 9.30 Å². The van der Waals surface area contributed by atoms with E-state index >= 15 is 0 Å². The summed E-state index contributed by atoms with van der Waals surface area (Å²) in [5, 5.41) is 0. The van der Waals surface area contributed by atoms with Crippen molar-refractivity contribution in [2.75, 3.05) is 19.7 Å². The number of sulfonamides is 1. The third-order valence-corrected chi connectivity index (χ3v) is 8.16. The number of thiazole rings is 1. The van der Waals surface area contributed by atoms with Gasteiger partial charge in [-0.15, -0.1) is 0 Å². The first-order valence-corrected chi connectivity index (χ1v) is 14.2. The number of carbonyl (C=O) groups excluding carboxylic acids is 2. The number of ether oxygens (including phenoxy) is 1. The minimum absolute atomic E-state index is 0.0668. The lowest BCUT2D eigenvalue weighted by atomic mass is 10.2. The molecule has 0 saturated carbocycles. The molecular formula is C26H33N3O5S2. The standard InChI is InChI=1S/C26H33N3O5S2/c1-6-34-24(30)17-29-22-9-7-8-10-23(22)35-26(29)27-25(31)20-11-13-21(14-12-20)36(32,33)28(15-18(2)3)16-19(4)5/h7-14,18-19H,6,15-17H2,1-5H3. The quantitative estimate of drug-likeness (QED) is 0.363. The Labute approximate surface area is 216 Å². The largest absolute Gasteiger partial charge is 0.465 e. The van der Waals surface area contributed by atoms with E-state index in [1.165, 1.54) is 39.9 Å². The second-order valence-electron chi connectivity index (χ2n) is 9.29. The lowest BCUT2D eigenvalue weighted by molar-refractivity contribution is -0.143. The van der Waals surface area contributed by atoms with Crippen molar-refractivity contribution in [3.63, 3.8) is 0 Å². The van der Waals surface area contributed by atoms with E-state index in [1.54, 1.807) is 11.5 Å². The molecule has 8 nitrogen and oxygen atoms in total. The Bertz CT molecular complexity index is 1380. The molecule has 0 aliphatic heterocycles. The van der Waals surface area contributed by atoms with Gasteiger partial charge in [0.05, 0.1) is 21.7 Å². The number of fused-ring (bicyclic) bond motifs is 1. The Morgan fingerprint density at radius 1 is 1.00 bits per heavy atom. The van der Waals surface area contributed by atoms with E-state index in [9.17, 15) is 18.0 Å². The molecule has 194 valence electrons. The zero-order chi connectivity index (χ0) is 26.5. The van der Waals surface area contributed by atoms with E-state index in [-0.39, 0.29) is 35.4 Å². The molecule has 2 aromatic carbocycles. The predicted octanol–water partition coefficient (Wildman–Crippen LogP) is 4.31. The van der Waals surface area contributed by atoms with Gasteiger partial charge in [-0.25, -0.2) is 8.42 Å². The van der Waals surface area contributed by atoms with Gasteiger partial charge in [0, 0.05) is 18.7 Å². The monoisotopic (exact) mass is 531 g/mol. The fourth-order valence-electron chi connectivity index (χ4n) is 3.75. The zero-order valence-corrected chi connectivity index (χ0v) is 22.9. The van der Waals surface area contributed by atoms with Gasteiger partial charge in [-0.05, 0) is 55.2 Å². The summed E-state index contributed by atoms with van der Waals surface area (Å²) in [7, 11) is -3.70. The van der Waals surface area contributed by atoms with Gasteiger partial charge in [-0.2, -0.15) is 9.30 Å². The summed E-state index contributed by atoms with van der Waals surface area (Å²) >= 11 is 1.29. The number of carbonyl (C=O) groups is 2. The molecule has 0 N–H and O–H groups in total. The van der Waals surface area contributed by atoms with Crippen molar-refractivity contribution in [3.8, 4) is 0 Å². The van der Waals surface area contributed by atoms with Gasteiger partial charge in [0.15, 0.2) is 4.80 Å². The van der Waals surface area contributed by atoms with Crippen molar-refractivity contribution >= 4 is 43.5 Å². The van der Waals surface area contributed by atoms with Gasteiger partial charge >= 0.3 is 5.97 Å². The number of rotatable bonds is 10. The average molecular weight is 532 g/mol. The van der Waals surface area contributed by atoms with Crippen LogP contribution in [0.15, 0.2) is 58.4 Å². The molecule has 10 heteroatoms. The van der Waals surface area contributed by atoms with Crippen LogP contribution in [-0.2, 0) is 26.1 Å². The highest BCUT2D eigenvalue weighted by atomic mass is 32.2. The summed E-state index contributed by atoms with van der Waals surface area (Å²) in [6.07, 6.45) is 0. The maximum atomic E-state index is 13.2. The van der Waals surface area contributed by atoms with Crippen LogP contribution in [0, 0.1) is 11.8 Å². The topological polar surface area (TPSA) is 98.0 Å². The summed E-state index contributed by atoms with van der Waals surface area (Å²) in [5.41, 5.74) is 1.03. The third-order valence-electron chi connectivity index (χ3n) is 5.25. The van der Waals surface area contributed by atoms with Gasteiger partial charge in [0.25, 0.3) is 5.91 Å². The summed E-state index contributed by atoms with van der Waals surface area (Å²) in [4.78, 5) is 29.9. The normalized spacial score (nSPS) is 12.7. The summed E-state index contributed by atoms with van der Waals surface area (Å²) < 4.78 is 35.6. The van der Waals surface area contributed by atoms with Crippen molar-refractivity contribution in [2.45, 2.75) is 46.1 Å². The molecule has 3 aromatic rings. The Hall–Kier alpha value is -2.82. The molecule has 0 radical (unpaired) electrons. The highest BCUT2D eigenvalue weighted by Crippen LogP contribution is 2.20. The van der Waals surface area contributed by atoms with Crippen molar-refractivity contribution in [1.82, 2.24) is 8.87 Å². The minimum Gasteiger partial charge on any atom is -0.465 e. The molecule has 0 aliphatic rings. The molecule has 1 amide bonds. The van der Waals surface area contributed by atoms with E-state index < -0.39 is 21.9 Å². The second kappa shape index (κ2) is 11.9. The maximum absolute atomic E-state index is 13.2. The van der Waals surface area contributed by atoms with Crippen molar-refractivity contribution in [2.24, 2.45) is 16.8 Å². The Morgan fingerprint density at radius 3 is 2.19 bits per heavy atom. The van der Waals surface area contributed by atoms with Gasteiger partial charge in [-0.3, -0.25) is 9.59 Å². The molecule has 1 aromatic heterocycles. The van der Waals surface area contributed by atoms with Crippen LogP contribution in [0.2, 0.25) is 0 Å². The molecule has 0 saturated heterocycles. The Balaban J connectivity index is 1.93. The summed E-state index contributed by atoms with van der Waals surface area (Å²) in [5.74, 6) is -0.581. The zero-order valence-electron chi connectivity index (χ0n) is 21.3. The number of esters is 1. The van der Waals surface area contributed by atoms with Crippen LogP contribution in [0.3, 0.4) is 0 Å². The molecule has 0 bridgehead atoms. The number of para-hydroxylation sites is 1. The smallest absolute Gasteiger partial charge is 0.326 e. The van der Waals surface area contributed by atoms with Gasteiger partial charge in [0.1, 0.15) is 6.54 Å². The Morgan fingerprint density at radius 2 is 1.61 bits per heavy atom. The SMILES string of the molecule is CCOC(=O)Cn1c(=NC(=O)c2ccc(S(=O)(=O)N(CC(C)C)CC(C)C)cc2)sc2ccccc21. The van der Waals surface area contributed by atoms with E-state index in [0.717, 1.165) is 10.2 Å². The van der Waals surface area contributed by atoms with E-state index in [2.05, 4.69) is 4.99 Å². The van der Waals surface area contributed by atoms with Crippen molar-refractivity contribution in [3.05, 3.63) is 58.9 Å². The molecule has 0 fully saturated rings. The highest BCUT2D eigenvalue weighted by molar-refractivity contribution is 7.89. The van der Waals surface area contributed by atoms with Crippen LogP contribution in [0.5, 0.6) is 0 Å². The first-order chi connectivity index (χ1) is 17.0. The number of hydrogen-bond acceptors (Lipinski definition) is 6. The van der Waals surface area contributed by atoms with Crippen LogP contribution in [0.1, 0.15) is 45.0 Å². The van der Waals surface area contributed by atoms with Gasteiger partial charge in [-0.1, -0.05) is 51.2 Å². The number of aromatic nitrogens is 1. The number of hydrogen-bond donors (Lipinski definition) is 0. The van der Waals surface area contributed by atoms with Crippen LogP contribution in [0.25, 0.3) is 10.2 Å². The van der Waals surface area contributed by atoms with Crippen LogP contribution in [-0.4, -0.2) is 48.9 Å². The van der Waals surface area contributed by atoms with Crippen LogP contribution in [0.4, 0.5) is 0 Å². The van der Waals surface area contributed by atoms with Gasteiger partial charge in [0.2, 0.25) is 10.0 Å². The molecule has 1 heterocycles. The fourth-order valence-corrected chi connectivity index (χ4v) is 6.54. The first-order valence-electron chi connectivity index (χ1n) is 12.0. The van der Waals surface area contributed by atoms with Crippen LogP contribution >= 0.6 is 11.3 Å². The lowest BCUT2D eigenvalue weighted by Crippen LogP contribution is -2.37. The molecule has 0 spiro atoms. The van der Waals surface area contributed by atoms with E-state index in [0.29, 0.717) is 17.9 Å². The molecule has 0 atom stereocenters. The molecule has 0 unspecified atom stereocenters. The third kappa shape index (κ3) is 6.68. The maximum Gasteiger partial charge on any atom is 0.326 e. The van der Waals surface area contributed by atoms with E-state index in [4.69, 9.17) is 4.74 Å². The highest BCUT2D eigenvalue weighted by Gasteiger charge is 2.26. The van der Waals surface area contributed by atoms with E-state index in [1.807, 2.05) is 52.0 Å².